The van der Waals surface area contributed by atoms with Crippen LogP contribution in [0.3, 0.4) is 0 Å². The number of hydrogen-bond donors (Lipinski definition) is 7. The molecule has 3 saturated carbocycles. The lowest BCUT2D eigenvalue weighted by Gasteiger charge is -2.64. The molecule has 248 valence electrons. The standard InChI is InChI=1S/C36H50O9/c1-16(2)17(3)29(41)31-34(6,42)30-25(45-31)14-36(44)22-13-24(39)28-27-20-11-18(37)12-23(38)19(20)7-10-35(27,43)26(40)15-32(28,4)21(22)8-9-33(30,36)5/h11-13,16-17,21,25-31,37-38,40-44H,7-10,14-15H2,1-6H3. The number of aliphatic hydroxyl groups excluding tert-OH is 2. The van der Waals surface area contributed by atoms with E-state index in [0.29, 0.717) is 36.0 Å². The van der Waals surface area contributed by atoms with Crippen LogP contribution in [0.25, 0.3) is 0 Å². The molecule has 45 heavy (non-hydrogen) atoms. The number of phenolic OH excluding ortho intramolecular Hbond substituents is 2. The van der Waals surface area contributed by atoms with E-state index in [1.54, 1.807) is 13.0 Å². The summed E-state index contributed by atoms with van der Waals surface area (Å²) in [6.07, 6.45) is 0.143. The highest BCUT2D eigenvalue weighted by atomic mass is 16.5. The number of aromatic hydroxyl groups is 2. The van der Waals surface area contributed by atoms with E-state index in [1.165, 1.54) is 12.1 Å². The smallest absolute Gasteiger partial charge is 0.160 e. The first-order valence-electron chi connectivity index (χ1n) is 16.8. The van der Waals surface area contributed by atoms with Crippen LogP contribution in [0.1, 0.15) is 90.7 Å². The minimum atomic E-state index is -1.61. The number of carbonyl (C=O) groups excluding carboxylic acids is 1. The van der Waals surface area contributed by atoms with Crippen LogP contribution in [0.4, 0.5) is 0 Å². The minimum Gasteiger partial charge on any atom is -0.508 e. The first-order valence-corrected chi connectivity index (χ1v) is 16.8. The average Bonchev–Trinajstić information content (AvgIpc) is 3.34. The molecule has 0 amide bonds. The van der Waals surface area contributed by atoms with E-state index in [9.17, 15) is 40.5 Å². The Morgan fingerprint density at radius 3 is 2.33 bits per heavy atom. The van der Waals surface area contributed by atoms with Crippen LogP contribution in [0, 0.1) is 40.4 Å². The number of aliphatic hydroxyl groups is 5. The van der Waals surface area contributed by atoms with Gasteiger partial charge < -0.3 is 40.5 Å². The lowest BCUT2D eigenvalue weighted by molar-refractivity contribution is -0.200. The van der Waals surface area contributed by atoms with E-state index in [-0.39, 0.29) is 54.3 Å². The summed E-state index contributed by atoms with van der Waals surface area (Å²) in [5.41, 5.74) is -4.51. The maximum atomic E-state index is 14.4. The highest BCUT2D eigenvalue weighted by Crippen LogP contribution is 2.72. The number of benzene rings is 1. The molecule has 14 atom stereocenters. The molecule has 1 heterocycles. The van der Waals surface area contributed by atoms with E-state index < -0.39 is 69.8 Å². The number of allylic oxidation sites excluding steroid dienone is 1. The van der Waals surface area contributed by atoms with Crippen molar-refractivity contribution in [2.24, 2.45) is 40.4 Å². The summed E-state index contributed by atoms with van der Waals surface area (Å²) in [6, 6.07) is 2.77. The van der Waals surface area contributed by atoms with E-state index >= 15 is 0 Å². The molecule has 0 bridgehead atoms. The zero-order valence-corrected chi connectivity index (χ0v) is 27.2. The third kappa shape index (κ3) is 3.80. The normalized spacial score (nSPS) is 49.6. The zero-order chi connectivity index (χ0) is 32.8. The van der Waals surface area contributed by atoms with Gasteiger partial charge in [0.2, 0.25) is 0 Å². The van der Waals surface area contributed by atoms with Crippen molar-refractivity contribution in [1.29, 1.82) is 0 Å². The molecule has 1 saturated heterocycles. The van der Waals surface area contributed by atoms with Gasteiger partial charge in [-0.3, -0.25) is 4.79 Å². The largest absolute Gasteiger partial charge is 0.508 e. The Morgan fingerprint density at radius 1 is 0.978 bits per heavy atom. The number of ketones is 1. The maximum Gasteiger partial charge on any atom is 0.160 e. The van der Waals surface area contributed by atoms with E-state index in [2.05, 4.69) is 0 Å². The second-order valence-corrected chi connectivity index (χ2v) is 16.7. The molecular weight excluding hydrogens is 576 g/mol. The van der Waals surface area contributed by atoms with Gasteiger partial charge >= 0.3 is 0 Å². The van der Waals surface area contributed by atoms with E-state index in [4.69, 9.17) is 4.74 Å². The highest BCUT2D eigenvalue weighted by Gasteiger charge is 2.76. The molecule has 9 nitrogen and oxygen atoms in total. The van der Waals surface area contributed by atoms with Gasteiger partial charge in [-0.25, -0.2) is 0 Å². The number of fused-ring (bicyclic) bond motifs is 11. The van der Waals surface area contributed by atoms with E-state index in [1.807, 2.05) is 34.6 Å². The van der Waals surface area contributed by atoms with Gasteiger partial charge in [-0.15, -0.1) is 0 Å². The number of phenols is 2. The molecule has 0 spiro atoms. The summed E-state index contributed by atoms with van der Waals surface area (Å²) in [5, 5.41) is 80.9. The van der Waals surface area contributed by atoms with Gasteiger partial charge in [0.05, 0.1) is 35.1 Å². The molecule has 6 aliphatic rings. The lowest BCUT2D eigenvalue weighted by atomic mass is 9.41. The summed E-state index contributed by atoms with van der Waals surface area (Å²) in [7, 11) is 0. The summed E-state index contributed by atoms with van der Waals surface area (Å²) < 4.78 is 6.46. The van der Waals surface area contributed by atoms with Crippen LogP contribution < -0.4 is 0 Å². The fraction of sp³-hybridized carbons (Fsp3) is 0.750. The van der Waals surface area contributed by atoms with Crippen molar-refractivity contribution in [3.63, 3.8) is 0 Å². The van der Waals surface area contributed by atoms with Gasteiger partial charge in [0.25, 0.3) is 0 Å². The van der Waals surface area contributed by atoms with Crippen molar-refractivity contribution in [2.75, 3.05) is 0 Å². The van der Waals surface area contributed by atoms with Crippen molar-refractivity contribution in [2.45, 2.75) is 127 Å². The molecule has 7 rings (SSSR count). The van der Waals surface area contributed by atoms with Crippen LogP contribution in [0.2, 0.25) is 0 Å². The van der Waals surface area contributed by atoms with Gasteiger partial charge in [0.1, 0.15) is 17.6 Å². The number of rotatable bonds is 3. The molecule has 9 heteroatoms. The predicted molar refractivity (Wildman–Crippen MR) is 164 cm³/mol. The van der Waals surface area contributed by atoms with Crippen molar-refractivity contribution < 1.29 is 45.3 Å². The summed E-state index contributed by atoms with van der Waals surface area (Å²) in [5.74, 6) is -2.80. The lowest BCUT2D eigenvalue weighted by Crippen LogP contribution is -2.67. The molecule has 1 aliphatic heterocycles. The average molecular weight is 627 g/mol. The summed E-state index contributed by atoms with van der Waals surface area (Å²) in [6.45, 7) is 11.7. The minimum absolute atomic E-state index is 0.0909. The molecule has 7 N–H and O–H groups in total. The second-order valence-electron chi connectivity index (χ2n) is 16.7. The molecule has 1 aromatic rings. The number of hydrogen-bond acceptors (Lipinski definition) is 9. The monoisotopic (exact) mass is 626 g/mol. The first kappa shape index (κ1) is 31.6. The Hall–Kier alpha value is -2.01. The molecule has 5 aliphatic carbocycles. The number of ether oxygens (including phenoxy) is 1. The maximum absolute atomic E-state index is 14.4. The molecule has 14 unspecified atom stereocenters. The summed E-state index contributed by atoms with van der Waals surface area (Å²) >= 11 is 0. The Bertz CT molecular complexity index is 1470. The van der Waals surface area contributed by atoms with E-state index in [0.717, 1.165) is 0 Å². The van der Waals surface area contributed by atoms with Gasteiger partial charge in [0, 0.05) is 35.7 Å². The third-order valence-corrected chi connectivity index (χ3v) is 14.3. The predicted octanol–water partition coefficient (Wildman–Crippen LogP) is 3.09. The molecule has 0 aromatic heterocycles. The van der Waals surface area contributed by atoms with Crippen LogP contribution in [0.15, 0.2) is 23.8 Å². The van der Waals surface area contributed by atoms with Gasteiger partial charge in [-0.2, -0.15) is 0 Å². The molecule has 4 fully saturated rings. The summed E-state index contributed by atoms with van der Waals surface area (Å²) in [4.78, 5) is 14.4. The van der Waals surface area contributed by atoms with Crippen LogP contribution >= 0.6 is 0 Å². The van der Waals surface area contributed by atoms with Crippen molar-refractivity contribution >= 4 is 5.78 Å². The molecule has 1 aromatic carbocycles. The quantitative estimate of drug-likeness (QED) is 0.267. The van der Waals surface area contributed by atoms with Crippen LogP contribution in [-0.4, -0.2) is 82.7 Å². The highest BCUT2D eigenvalue weighted by molar-refractivity contribution is 5.96. The Kier molecular flexibility index (Phi) is 6.70. The molecule has 0 radical (unpaired) electrons. The molecular formula is C36H50O9. The fourth-order valence-corrected chi connectivity index (χ4v) is 11.7. The van der Waals surface area contributed by atoms with Crippen LogP contribution in [0.5, 0.6) is 11.5 Å². The van der Waals surface area contributed by atoms with Crippen molar-refractivity contribution in [3.05, 3.63) is 34.9 Å². The SMILES string of the molecule is CC(C)C(C)C(O)C1OC2CC3(O)C4=CC(=O)C5C6c7cc(O)cc(O)c7CCC6(O)C(O)CC5(C)C4CCC3(C)C2C1(C)O. The third-order valence-electron chi connectivity index (χ3n) is 14.3. The topological polar surface area (TPSA) is 168 Å². The van der Waals surface area contributed by atoms with Gasteiger partial charge in [-0.1, -0.05) is 34.6 Å². The van der Waals surface area contributed by atoms with Crippen LogP contribution in [-0.2, 0) is 16.0 Å². The zero-order valence-electron chi connectivity index (χ0n) is 27.2. The van der Waals surface area contributed by atoms with Gasteiger partial charge in [-0.05, 0) is 91.0 Å². The number of carbonyl (C=O) groups is 1. The Balaban J connectivity index is 1.30. The van der Waals surface area contributed by atoms with Crippen molar-refractivity contribution in [1.82, 2.24) is 0 Å². The first-order chi connectivity index (χ1) is 20.8. The Labute approximate surface area is 264 Å². The van der Waals surface area contributed by atoms with Gasteiger partial charge in [0.15, 0.2) is 5.78 Å². The fourth-order valence-electron chi connectivity index (χ4n) is 11.7. The second kappa shape index (κ2) is 9.54. The Morgan fingerprint density at radius 2 is 1.67 bits per heavy atom. The van der Waals surface area contributed by atoms with Crippen molar-refractivity contribution in [3.8, 4) is 11.5 Å².